The summed E-state index contributed by atoms with van der Waals surface area (Å²) in [6.07, 6.45) is 3.04. The third-order valence-electron chi connectivity index (χ3n) is 2.54. The number of nitrogens with one attached hydrogen (secondary N) is 1. The zero-order valence-corrected chi connectivity index (χ0v) is 10.6. The maximum Gasteiger partial charge on any atom is 0.306 e. The van der Waals surface area contributed by atoms with Gasteiger partial charge in [-0.3, -0.25) is 9.59 Å². The zero-order valence-electron chi connectivity index (χ0n) is 9.82. The van der Waals surface area contributed by atoms with Gasteiger partial charge in [-0.05, 0) is 12.8 Å². The van der Waals surface area contributed by atoms with E-state index in [4.69, 9.17) is 0 Å². The molecule has 2 unspecified atom stereocenters. The topological polar surface area (TPSA) is 55.4 Å². The van der Waals surface area contributed by atoms with Gasteiger partial charge in [-0.2, -0.15) is 11.8 Å². The Morgan fingerprint density at radius 1 is 1.69 bits per heavy atom. The molecule has 92 valence electrons. The van der Waals surface area contributed by atoms with Gasteiger partial charge in [0.25, 0.3) is 0 Å². The van der Waals surface area contributed by atoms with E-state index in [9.17, 15) is 9.59 Å². The Hall–Kier alpha value is -0.710. The van der Waals surface area contributed by atoms with Crippen molar-refractivity contribution in [2.24, 2.45) is 0 Å². The molecule has 0 radical (unpaired) electrons. The highest BCUT2D eigenvalue weighted by atomic mass is 32.2. The largest absolute Gasteiger partial charge is 0.469 e. The van der Waals surface area contributed by atoms with E-state index in [0.717, 1.165) is 19.4 Å². The smallest absolute Gasteiger partial charge is 0.306 e. The molecule has 1 saturated heterocycles. The lowest BCUT2D eigenvalue weighted by Crippen LogP contribution is -2.23. The molecule has 1 aliphatic heterocycles. The van der Waals surface area contributed by atoms with Crippen molar-refractivity contribution in [3.63, 3.8) is 0 Å². The molecule has 0 aromatic heterocycles. The van der Waals surface area contributed by atoms with Crippen molar-refractivity contribution in [1.82, 2.24) is 5.32 Å². The molecule has 2 atom stereocenters. The molecule has 5 heteroatoms. The number of ether oxygens (including phenoxy) is 1. The highest BCUT2D eigenvalue weighted by molar-refractivity contribution is 8.00. The molecule has 16 heavy (non-hydrogen) atoms. The van der Waals surface area contributed by atoms with Crippen LogP contribution in [0, 0.1) is 0 Å². The Morgan fingerprint density at radius 2 is 2.44 bits per heavy atom. The second-order valence-electron chi connectivity index (χ2n) is 4.05. The minimum Gasteiger partial charge on any atom is -0.469 e. The maximum atomic E-state index is 11.3. The van der Waals surface area contributed by atoms with Crippen molar-refractivity contribution >= 4 is 23.6 Å². The average molecular weight is 245 g/mol. The number of carbonyl (C=O) groups is 2. The Morgan fingerprint density at radius 3 is 3.12 bits per heavy atom. The van der Waals surface area contributed by atoms with Crippen LogP contribution in [0.5, 0.6) is 0 Å². The normalized spacial score (nSPS) is 23.1. The van der Waals surface area contributed by atoms with E-state index in [0.29, 0.717) is 18.1 Å². The molecule has 0 bridgehead atoms. The van der Waals surface area contributed by atoms with Crippen LogP contribution in [0.3, 0.4) is 0 Å². The summed E-state index contributed by atoms with van der Waals surface area (Å²) in [5, 5.41) is 3.40. The summed E-state index contributed by atoms with van der Waals surface area (Å²) >= 11 is 1.72. The molecule has 4 nitrogen and oxygen atoms in total. The molecule has 0 aromatic rings. The van der Waals surface area contributed by atoms with E-state index in [-0.39, 0.29) is 17.1 Å². The van der Waals surface area contributed by atoms with E-state index in [1.807, 2.05) is 6.92 Å². The maximum absolute atomic E-state index is 11.3. The average Bonchev–Trinajstić information content (AvgIpc) is 2.42. The molecule has 0 aromatic carbocycles. The molecule has 1 N–H and O–H groups in total. The molecule has 0 aliphatic carbocycles. The minimum absolute atomic E-state index is 0.125. The summed E-state index contributed by atoms with van der Waals surface area (Å²) in [7, 11) is 1.40. The second-order valence-corrected chi connectivity index (χ2v) is 5.79. The summed E-state index contributed by atoms with van der Waals surface area (Å²) in [4.78, 5) is 22.4. The monoisotopic (exact) mass is 245 g/mol. The van der Waals surface area contributed by atoms with Gasteiger partial charge in [-0.1, -0.05) is 6.92 Å². The summed E-state index contributed by atoms with van der Waals surface area (Å²) in [5.41, 5.74) is 0. The van der Waals surface area contributed by atoms with E-state index < -0.39 is 0 Å². The van der Waals surface area contributed by atoms with Crippen molar-refractivity contribution < 1.29 is 14.3 Å². The molecule has 1 amide bonds. The van der Waals surface area contributed by atoms with Crippen LogP contribution < -0.4 is 5.32 Å². The summed E-state index contributed by atoms with van der Waals surface area (Å²) < 4.78 is 4.62. The fourth-order valence-electron chi connectivity index (χ4n) is 1.75. The minimum atomic E-state index is -0.182. The molecule has 1 rings (SSSR count). The van der Waals surface area contributed by atoms with Gasteiger partial charge in [0.2, 0.25) is 5.91 Å². The first-order chi connectivity index (χ1) is 7.61. The van der Waals surface area contributed by atoms with Gasteiger partial charge >= 0.3 is 5.97 Å². The SMILES string of the molecule is COC(=O)CC(C)SC1CCCNC(=O)C1. The molecule has 1 heterocycles. The summed E-state index contributed by atoms with van der Waals surface area (Å²) in [6.45, 7) is 2.78. The number of carbonyl (C=O) groups excluding carboxylic acids is 2. The lowest BCUT2D eigenvalue weighted by molar-refractivity contribution is -0.140. The fraction of sp³-hybridized carbons (Fsp3) is 0.818. The van der Waals surface area contributed by atoms with Crippen LogP contribution in [0.4, 0.5) is 0 Å². The van der Waals surface area contributed by atoms with Crippen molar-refractivity contribution in [2.45, 2.75) is 43.1 Å². The van der Waals surface area contributed by atoms with Gasteiger partial charge in [-0.25, -0.2) is 0 Å². The Balaban J connectivity index is 2.33. The van der Waals surface area contributed by atoms with Gasteiger partial charge in [0, 0.05) is 23.5 Å². The number of rotatable bonds is 4. The number of methoxy groups -OCH3 is 1. The molecule has 0 spiro atoms. The van der Waals surface area contributed by atoms with Gasteiger partial charge in [-0.15, -0.1) is 0 Å². The van der Waals surface area contributed by atoms with Crippen LogP contribution in [0.1, 0.15) is 32.6 Å². The number of esters is 1. The lowest BCUT2D eigenvalue weighted by Gasteiger charge is -2.17. The first-order valence-corrected chi connectivity index (χ1v) is 6.55. The highest BCUT2D eigenvalue weighted by Crippen LogP contribution is 2.27. The molecule has 1 aliphatic rings. The first-order valence-electron chi connectivity index (χ1n) is 5.60. The number of hydrogen-bond donors (Lipinski definition) is 1. The van der Waals surface area contributed by atoms with Gasteiger partial charge < -0.3 is 10.1 Å². The number of thioether (sulfide) groups is 1. The fourth-order valence-corrected chi connectivity index (χ4v) is 3.19. The van der Waals surface area contributed by atoms with Crippen LogP contribution in [0.25, 0.3) is 0 Å². The van der Waals surface area contributed by atoms with E-state index in [1.54, 1.807) is 11.8 Å². The van der Waals surface area contributed by atoms with Crippen LogP contribution in [0.2, 0.25) is 0 Å². The Kier molecular flexibility index (Phi) is 5.66. The van der Waals surface area contributed by atoms with Gasteiger partial charge in [0.15, 0.2) is 0 Å². The molecular formula is C11H19NO3S. The van der Waals surface area contributed by atoms with Crippen molar-refractivity contribution in [2.75, 3.05) is 13.7 Å². The third kappa shape index (κ3) is 4.88. The van der Waals surface area contributed by atoms with Crippen LogP contribution in [0.15, 0.2) is 0 Å². The second kappa shape index (κ2) is 6.78. The van der Waals surface area contributed by atoms with Crippen molar-refractivity contribution in [3.05, 3.63) is 0 Å². The quantitative estimate of drug-likeness (QED) is 0.759. The summed E-state index contributed by atoms with van der Waals surface area (Å²) in [5.74, 6) is -0.0571. The van der Waals surface area contributed by atoms with Crippen molar-refractivity contribution in [1.29, 1.82) is 0 Å². The van der Waals surface area contributed by atoms with Crippen LogP contribution >= 0.6 is 11.8 Å². The van der Waals surface area contributed by atoms with Crippen LogP contribution in [-0.4, -0.2) is 36.0 Å². The van der Waals surface area contributed by atoms with E-state index in [2.05, 4.69) is 10.1 Å². The predicted molar refractivity (Wildman–Crippen MR) is 64.3 cm³/mol. The standard InChI is InChI=1S/C11H19NO3S/c1-8(6-11(14)15-2)16-9-4-3-5-12-10(13)7-9/h8-9H,3-7H2,1-2H3,(H,12,13). The lowest BCUT2D eigenvalue weighted by atomic mass is 10.2. The van der Waals surface area contributed by atoms with E-state index >= 15 is 0 Å². The van der Waals surface area contributed by atoms with Gasteiger partial charge in [0.1, 0.15) is 0 Å². The Labute approximate surface area is 100 Å². The van der Waals surface area contributed by atoms with E-state index in [1.165, 1.54) is 7.11 Å². The van der Waals surface area contributed by atoms with Crippen LogP contribution in [-0.2, 0) is 14.3 Å². The Bertz CT molecular complexity index is 258. The van der Waals surface area contributed by atoms with Gasteiger partial charge in [0.05, 0.1) is 13.5 Å². The summed E-state index contributed by atoms with van der Waals surface area (Å²) in [6, 6.07) is 0. The first kappa shape index (κ1) is 13.4. The predicted octanol–water partition coefficient (Wildman–Crippen LogP) is 1.34. The highest BCUT2D eigenvalue weighted by Gasteiger charge is 2.21. The molecule has 0 saturated carbocycles. The zero-order chi connectivity index (χ0) is 12.0. The van der Waals surface area contributed by atoms with Crippen molar-refractivity contribution in [3.8, 4) is 0 Å². The number of amides is 1. The third-order valence-corrected chi connectivity index (χ3v) is 3.96. The molecule has 1 fully saturated rings. The molecular weight excluding hydrogens is 226 g/mol. The number of hydrogen-bond acceptors (Lipinski definition) is 4.